The van der Waals surface area contributed by atoms with Crippen molar-refractivity contribution in [1.29, 1.82) is 0 Å². The maximum Gasteiger partial charge on any atom is 0.275 e. The second-order valence-electron chi connectivity index (χ2n) is 5.91. The van der Waals surface area contributed by atoms with E-state index in [4.69, 9.17) is 4.74 Å². The highest BCUT2D eigenvalue weighted by Crippen LogP contribution is 2.30. The van der Waals surface area contributed by atoms with Crippen LogP contribution in [0.5, 0.6) is 5.88 Å². The van der Waals surface area contributed by atoms with Crippen LogP contribution < -0.4 is 10.1 Å². The second kappa shape index (κ2) is 7.20. The summed E-state index contributed by atoms with van der Waals surface area (Å²) in [5, 5.41) is 6.58. The Kier molecular flexibility index (Phi) is 4.60. The molecule has 4 rings (SSSR count). The molecule has 1 N–H and O–H groups in total. The third kappa shape index (κ3) is 3.29. The van der Waals surface area contributed by atoms with E-state index in [0.29, 0.717) is 17.3 Å². The highest BCUT2D eigenvalue weighted by atomic mass is 32.1. The Morgan fingerprint density at radius 2 is 2.11 bits per heavy atom. The number of ether oxygens (including phenoxy) is 1. The molecule has 4 aromatic rings. The summed E-state index contributed by atoms with van der Waals surface area (Å²) < 4.78 is 7.23. The van der Waals surface area contributed by atoms with Gasteiger partial charge in [0, 0.05) is 28.9 Å². The normalized spacial score (nSPS) is 10.9. The van der Waals surface area contributed by atoms with E-state index in [-0.39, 0.29) is 5.91 Å². The molecule has 0 aliphatic rings. The Labute approximate surface area is 160 Å². The van der Waals surface area contributed by atoms with E-state index in [1.807, 2.05) is 12.1 Å². The Hall–Kier alpha value is -3.19. The Bertz CT molecular complexity index is 1100. The molecule has 0 aliphatic carbocycles. The molecular formula is C20H18N4O2S. The average Bonchev–Trinajstić information content (AvgIpc) is 3.33. The predicted molar refractivity (Wildman–Crippen MR) is 107 cm³/mol. The van der Waals surface area contributed by atoms with E-state index in [0.717, 1.165) is 17.2 Å². The zero-order valence-corrected chi connectivity index (χ0v) is 15.8. The van der Waals surface area contributed by atoms with E-state index < -0.39 is 0 Å². The average molecular weight is 378 g/mol. The standard InChI is InChI=1S/C20H18N4O2S/c1-3-24-16-7-5-4-6-13(16)10-17(24)20-23-15(12-27-20)19(25)22-14-8-9-18(26-2)21-11-14/h4-12H,3H2,1-2H3,(H,22,25). The fourth-order valence-corrected chi connectivity index (χ4v) is 3.82. The zero-order chi connectivity index (χ0) is 18.8. The summed E-state index contributed by atoms with van der Waals surface area (Å²) in [5.74, 6) is 0.236. The molecule has 3 aromatic heterocycles. The van der Waals surface area contributed by atoms with E-state index in [1.165, 1.54) is 22.2 Å². The number of hydrogen-bond acceptors (Lipinski definition) is 5. The number of nitrogens with one attached hydrogen (secondary N) is 1. The van der Waals surface area contributed by atoms with Crippen molar-refractivity contribution in [3.63, 3.8) is 0 Å². The first-order chi connectivity index (χ1) is 13.2. The van der Waals surface area contributed by atoms with Crippen LogP contribution in [0.15, 0.2) is 54.0 Å². The number of para-hydroxylation sites is 1. The number of rotatable bonds is 5. The van der Waals surface area contributed by atoms with Crippen molar-refractivity contribution in [2.75, 3.05) is 12.4 Å². The minimum Gasteiger partial charge on any atom is -0.481 e. The summed E-state index contributed by atoms with van der Waals surface area (Å²) in [6, 6.07) is 13.8. The van der Waals surface area contributed by atoms with Gasteiger partial charge in [0.2, 0.25) is 5.88 Å². The van der Waals surface area contributed by atoms with Crippen molar-refractivity contribution >= 4 is 33.8 Å². The molecule has 0 fully saturated rings. The molecule has 27 heavy (non-hydrogen) atoms. The fraction of sp³-hybridized carbons (Fsp3) is 0.150. The molecule has 1 aromatic carbocycles. The van der Waals surface area contributed by atoms with Crippen molar-refractivity contribution in [3.05, 3.63) is 59.7 Å². The van der Waals surface area contributed by atoms with Crippen LogP contribution in [0.25, 0.3) is 21.6 Å². The third-order valence-electron chi connectivity index (χ3n) is 4.29. The van der Waals surface area contributed by atoms with Crippen LogP contribution in [0.3, 0.4) is 0 Å². The van der Waals surface area contributed by atoms with Gasteiger partial charge in [-0.2, -0.15) is 0 Å². The van der Waals surface area contributed by atoms with Crippen LogP contribution in [0.1, 0.15) is 17.4 Å². The Balaban J connectivity index is 1.60. The number of pyridine rings is 1. The number of thiazole rings is 1. The molecule has 0 bridgehead atoms. The number of anilines is 1. The monoisotopic (exact) mass is 378 g/mol. The molecular weight excluding hydrogens is 360 g/mol. The molecule has 136 valence electrons. The fourth-order valence-electron chi connectivity index (χ4n) is 2.99. The van der Waals surface area contributed by atoms with Crippen molar-refractivity contribution in [2.45, 2.75) is 13.5 Å². The number of fused-ring (bicyclic) bond motifs is 1. The number of aryl methyl sites for hydroxylation is 1. The minimum atomic E-state index is -0.261. The first-order valence-electron chi connectivity index (χ1n) is 8.55. The molecule has 3 heterocycles. The van der Waals surface area contributed by atoms with Crippen molar-refractivity contribution in [2.24, 2.45) is 0 Å². The molecule has 1 amide bonds. The van der Waals surface area contributed by atoms with Crippen molar-refractivity contribution < 1.29 is 9.53 Å². The molecule has 6 nitrogen and oxygen atoms in total. The van der Waals surface area contributed by atoms with Crippen LogP contribution in [0.4, 0.5) is 5.69 Å². The van der Waals surface area contributed by atoms with Gasteiger partial charge in [0.05, 0.1) is 24.7 Å². The molecule has 0 unspecified atom stereocenters. The van der Waals surface area contributed by atoms with Crippen LogP contribution in [0.2, 0.25) is 0 Å². The summed E-state index contributed by atoms with van der Waals surface area (Å²) in [4.78, 5) is 21.1. The number of amides is 1. The third-order valence-corrected chi connectivity index (χ3v) is 5.15. The van der Waals surface area contributed by atoms with Gasteiger partial charge in [-0.25, -0.2) is 9.97 Å². The largest absolute Gasteiger partial charge is 0.481 e. The highest BCUT2D eigenvalue weighted by molar-refractivity contribution is 7.13. The maximum atomic E-state index is 12.5. The van der Waals surface area contributed by atoms with Crippen LogP contribution >= 0.6 is 11.3 Å². The molecule has 0 saturated carbocycles. The first kappa shape index (κ1) is 17.2. The highest BCUT2D eigenvalue weighted by Gasteiger charge is 2.16. The van der Waals surface area contributed by atoms with E-state index in [2.05, 4.69) is 45.0 Å². The van der Waals surface area contributed by atoms with Gasteiger partial charge in [0.1, 0.15) is 10.7 Å². The lowest BCUT2D eigenvalue weighted by Gasteiger charge is -2.05. The van der Waals surface area contributed by atoms with Gasteiger partial charge >= 0.3 is 0 Å². The summed E-state index contributed by atoms with van der Waals surface area (Å²) in [7, 11) is 1.55. The van der Waals surface area contributed by atoms with Crippen LogP contribution in [-0.4, -0.2) is 27.6 Å². The van der Waals surface area contributed by atoms with E-state index in [1.54, 1.807) is 30.8 Å². The lowest BCUT2D eigenvalue weighted by molar-refractivity contribution is 0.102. The van der Waals surface area contributed by atoms with Gasteiger partial charge in [-0.1, -0.05) is 18.2 Å². The minimum absolute atomic E-state index is 0.261. The zero-order valence-electron chi connectivity index (χ0n) is 15.0. The molecule has 0 radical (unpaired) electrons. The maximum absolute atomic E-state index is 12.5. The number of benzene rings is 1. The van der Waals surface area contributed by atoms with Crippen LogP contribution in [0, 0.1) is 0 Å². The van der Waals surface area contributed by atoms with Gasteiger partial charge in [-0.15, -0.1) is 11.3 Å². The Morgan fingerprint density at radius 1 is 1.26 bits per heavy atom. The van der Waals surface area contributed by atoms with Gasteiger partial charge in [-0.05, 0) is 25.1 Å². The van der Waals surface area contributed by atoms with Gasteiger partial charge < -0.3 is 14.6 Å². The predicted octanol–water partition coefficient (Wildman–Crippen LogP) is 4.44. The quantitative estimate of drug-likeness (QED) is 0.557. The molecule has 7 heteroatoms. The van der Waals surface area contributed by atoms with Gasteiger partial charge in [0.25, 0.3) is 5.91 Å². The lowest BCUT2D eigenvalue weighted by Crippen LogP contribution is -2.12. The second-order valence-corrected chi connectivity index (χ2v) is 6.77. The van der Waals surface area contributed by atoms with E-state index >= 15 is 0 Å². The number of hydrogen-bond donors (Lipinski definition) is 1. The number of nitrogens with zero attached hydrogens (tertiary/aromatic N) is 3. The van der Waals surface area contributed by atoms with Gasteiger partial charge in [0.15, 0.2) is 0 Å². The summed E-state index contributed by atoms with van der Waals surface area (Å²) in [6.07, 6.45) is 1.55. The number of carbonyl (C=O) groups is 1. The molecule has 0 spiro atoms. The molecule has 0 atom stereocenters. The number of aromatic nitrogens is 3. The van der Waals surface area contributed by atoms with E-state index in [9.17, 15) is 4.79 Å². The van der Waals surface area contributed by atoms with Crippen molar-refractivity contribution in [3.8, 4) is 16.6 Å². The first-order valence-corrected chi connectivity index (χ1v) is 9.43. The number of carbonyl (C=O) groups excluding carboxylic acids is 1. The summed E-state index contributed by atoms with van der Waals surface area (Å²) >= 11 is 1.46. The summed E-state index contributed by atoms with van der Waals surface area (Å²) in [6.45, 7) is 2.94. The Morgan fingerprint density at radius 3 is 2.85 bits per heavy atom. The SMILES string of the molecule is CCn1c(-c2nc(C(=O)Nc3ccc(OC)nc3)cs2)cc2ccccc21. The smallest absolute Gasteiger partial charge is 0.275 e. The molecule has 0 aliphatic heterocycles. The molecule has 0 saturated heterocycles. The van der Waals surface area contributed by atoms with Crippen LogP contribution in [-0.2, 0) is 6.54 Å². The lowest BCUT2D eigenvalue weighted by atomic mass is 10.2. The number of methoxy groups -OCH3 is 1. The van der Waals surface area contributed by atoms with Crippen molar-refractivity contribution in [1.82, 2.24) is 14.5 Å². The topological polar surface area (TPSA) is 69.0 Å². The summed E-state index contributed by atoms with van der Waals surface area (Å²) in [5.41, 5.74) is 3.17. The van der Waals surface area contributed by atoms with Gasteiger partial charge in [-0.3, -0.25) is 4.79 Å².